The van der Waals surface area contributed by atoms with Crippen LogP contribution < -0.4 is 25.7 Å². The topological polar surface area (TPSA) is 143 Å². The molecule has 2 aliphatic heterocycles. The van der Waals surface area contributed by atoms with E-state index in [0.29, 0.717) is 75.2 Å². The van der Waals surface area contributed by atoms with Crippen LogP contribution in [0.15, 0.2) is 23.0 Å². The molecular weight excluding hydrogens is 789 g/mol. The molecule has 0 saturated carbocycles. The molecule has 3 aromatic heterocycles. The van der Waals surface area contributed by atoms with Gasteiger partial charge in [-0.3, -0.25) is 19.2 Å². The molecule has 0 spiro atoms. The van der Waals surface area contributed by atoms with Crippen molar-refractivity contribution in [1.82, 2.24) is 15.0 Å². The van der Waals surface area contributed by atoms with Crippen LogP contribution in [-0.4, -0.2) is 60.8 Å². The minimum Gasteiger partial charge on any atom is -0.664 e. The van der Waals surface area contributed by atoms with E-state index in [2.05, 4.69) is 41.5 Å². The summed E-state index contributed by atoms with van der Waals surface area (Å²) >= 11 is 0. The van der Waals surface area contributed by atoms with Gasteiger partial charge in [0, 0.05) is 17.5 Å². The predicted molar refractivity (Wildman–Crippen MR) is 246 cm³/mol. The Labute approximate surface area is 384 Å². The molecule has 8 bridgehead atoms. The van der Waals surface area contributed by atoms with E-state index in [0.717, 1.165) is 58.8 Å². The Morgan fingerprint density at radius 1 is 0.855 bits per heavy atom. The number of methoxy groups -OCH3 is 1. The van der Waals surface area contributed by atoms with Crippen molar-refractivity contribution >= 4 is 70.9 Å². The number of rotatable bonds is 18. The number of hydrogen-bond acceptors (Lipinski definition) is 6. The number of fused-ring (bicyclic) bond motifs is 7. The van der Waals surface area contributed by atoms with Gasteiger partial charge in [0.25, 0.3) is 0 Å². The molecule has 0 unspecified atom stereocenters. The number of ether oxygens (including phenoxy) is 2. The summed E-state index contributed by atoms with van der Waals surface area (Å²) in [5, 5.41) is 6.34. The monoisotopic (exact) mass is 852 g/mol. The van der Waals surface area contributed by atoms with Gasteiger partial charge in [-0.2, -0.15) is 11.4 Å². The Morgan fingerprint density at radius 2 is 1.53 bits per heavy atom. The Morgan fingerprint density at radius 3 is 2.21 bits per heavy atom. The summed E-state index contributed by atoms with van der Waals surface area (Å²) in [6.07, 6.45) is 18.7. The maximum Gasteiger partial charge on any atom is 2.00 e. The summed E-state index contributed by atoms with van der Waals surface area (Å²) in [5.41, 5.74) is 9.58. The fraction of sp³-hybridized carbons (Fsp3) is 0.529. The molecule has 0 amide bonds. The van der Waals surface area contributed by atoms with Crippen LogP contribution in [0.2, 0.25) is 0 Å². The van der Waals surface area contributed by atoms with E-state index in [9.17, 15) is 19.2 Å². The third kappa shape index (κ3) is 10.0. The first kappa shape index (κ1) is 48.7. The maximum atomic E-state index is 14.3. The number of Topliss-reactive ketones (excluding diaryl/α,β-unsaturated/α-hetero) is 1. The normalized spacial score (nSPS) is 22.0. The standard InChI is InChI=1S/C51H65N4O6.Mg/c1-11-28(4)16-14-17-29(5)18-15-19-30(6)22-23-61-44(57)21-20-36-32(8)39-24-38-31(7)34(12-2)41(52-38)26-43-37(27-56)35(13-3)42(53-43)25-40-33(9)45-49(55-40)46(48(36)54-39)47(50(45)58)51(59)60-10;/h22,24-29,32,36,47H,11-21,23H2,1-10H3,(H-,54,55,56,58);/q-3;+2/p-1/b30-22+,39-24-,43-26-;/t28-,29+,32+,36+,47-;/m1./s1. The SMILES string of the molecule is CCc1c2[n-]c(c1C)/C=C1\[N-]/C(=C3\c4[n-]c(c(C)c4C(=O)[C@@H]3C(=O)OC)/C=c3\[n-]/c(c(C=O)c3CC)=C\2)[C@@H](CCC(=O)OC/C=C(\C)CCC[C@@H](C)CCC[C@H](C)CC)[C@@H]1C.[Mg+2]. The fourth-order valence-corrected chi connectivity index (χ4v) is 9.44. The molecule has 3 aliphatic rings. The van der Waals surface area contributed by atoms with Crippen LogP contribution in [0.5, 0.6) is 0 Å². The molecule has 11 heteroatoms. The van der Waals surface area contributed by atoms with Crippen LogP contribution >= 0.6 is 0 Å². The summed E-state index contributed by atoms with van der Waals surface area (Å²) in [5.74, 6) is -1.68. The van der Waals surface area contributed by atoms with Crippen molar-refractivity contribution in [2.45, 2.75) is 133 Å². The molecule has 1 fully saturated rings. The van der Waals surface area contributed by atoms with E-state index in [1.165, 1.54) is 44.8 Å². The zero-order chi connectivity index (χ0) is 44.1. The van der Waals surface area contributed by atoms with Gasteiger partial charge in [-0.05, 0) is 82.6 Å². The van der Waals surface area contributed by atoms with Crippen molar-refractivity contribution in [3.63, 3.8) is 0 Å². The van der Waals surface area contributed by atoms with Gasteiger partial charge in [-0.1, -0.05) is 125 Å². The molecule has 5 atom stereocenters. The summed E-state index contributed by atoms with van der Waals surface area (Å²) in [6.45, 7) is 19.2. The minimum atomic E-state index is -1.25. The maximum absolute atomic E-state index is 14.3. The average molecular weight is 853 g/mol. The number of allylic oxidation sites excluding steroid dienone is 3. The van der Waals surface area contributed by atoms with Crippen molar-refractivity contribution in [3.05, 3.63) is 95.2 Å². The van der Waals surface area contributed by atoms with Gasteiger partial charge in [0.05, 0.1) is 7.11 Å². The first-order chi connectivity index (χ1) is 29.3. The predicted octanol–water partition coefficient (Wildman–Crippen LogP) is 8.37. The third-order valence-electron chi connectivity index (χ3n) is 13.6. The van der Waals surface area contributed by atoms with Crippen molar-refractivity contribution in [2.24, 2.45) is 29.6 Å². The Hall–Kier alpha value is -4.35. The number of aromatic nitrogens is 3. The number of ketones is 1. The first-order valence-corrected chi connectivity index (χ1v) is 22.5. The van der Waals surface area contributed by atoms with E-state index < -0.39 is 17.7 Å². The number of aldehydes is 1. The molecule has 1 aliphatic carbocycles. The molecule has 0 N–H and O–H groups in total. The Bertz CT molecular complexity index is 2390. The molecule has 1 saturated heterocycles. The summed E-state index contributed by atoms with van der Waals surface area (Å²) in [4.78, 5) is 68.8. The number of carbonyl (C=O) groups excluding carboxylic acids is 4. The average Bonchev–Trinajstić information content (AvgIpc) is 3.99. The quantitative estimate of drug-likeness (QED) is 0.0406. The number of carbonyl (C=O) groups is 4. The second-order valence-electron chi connectivity index (χ2n) is 17.6. The van der Waals surface area contributed by atoms with Gasteiger partial charge in [0.15, 0.2) is 5.78 Å². The summed E-state index contributed by atoms with van der Waals surface area (Å²) in [6, 6.07) is 0. The second kappa shape index (κ2) is 21.3. The molecule has 0 aromatic carbocycles. The summed E-state index contributed by atoms with van der Waals surface area (Å²) in [7, 11) is 1.28. The molecular formula is C51H64MgN4O6-2. The third-order valence-corrected chi connectivity index (χ3v) is 13.6. The van der Waals surface area contributed by atoms with E-state index in [-0.39, 0.29) is 53.9 Å². The molecule has 0 radical (unpaired) electrons. The van der Waals surface area contributed by atoms with Gasteiger partial charge in [0.2, 0.25) is 0 Å². The van der Waals surface area contributed by atoms with Crippen molar-refractivity contribution in [1.29, 1.82) is 0 Å². The fourth-order valence-electron chi connectivity index (χ4n) is 9.44. The van der Waals surface area contributed by atoms with Gasteiger partial charge in [-0.25, -0.2) is 0 Å². The van der Waals surface area contributed by atoms with Gasteiger partial charge in [-0.15, -0.1) is 33.5 Å². The molecule has 62 heavy (non-hydrogen) atoms. The van der Waals surface area contributed by atoms with Gasteiger partial charge >= 0.3 is 35.0 Å². The zero-order valence-electron chi connectivity index (χ0n) is 38.7. The van der Waals surface area contributed by atoms with Crippen molar-refractivity contribution in [3.8, 4) is 0 Å². The van der Waals surface area contributed by atoms with E-state index >= 15 is 0 Å². The molecule has 6 rings (SSSR count). The number of esters is 2. The van der Waals surface area contributed by atoms with Gasteiger partial charge in [0.1, 0.15) is 18.8 Å². The van der Waals surface area contributed by atoms with E-state index in [1.807, 2.05) is 45.1 Å². The molecule has 10 nitrogen and oxygen atoms in total. The minimum absolute atomic E-state index is 0. The number of hydrogen-bond donors (Lipinski definition) is 0. The molecule has 5 heterocycles. The Kier molecular flexibility index (Phi) is 16.8. The van der Waals surface area contributed by atoms with E-state index in [4.69, 9.17) is 29.7 Å². The van der Waals surface area contributed by atoms with Crippen LogP contribution in [-0.2, 0) is 31.9 Å². The molecule has 328 valence electrons. The van der Waals surface area contributed by atoms with Crippen molar-refractivity contribution < 1.29 is 28.7 Å². The summed E-state index contributed by atoms with van der Waals surface area (Å²) < 4.78 is 11.0. The van der Waals surface area contributed by atoms with Crippen LogP contribution in [0.4, 0.5) is 0 Å². The molecule has 3 aromatic rings. The second-order valence-corrected chi connectivity index (χ2v) is 17.6. The van der Waals surface area contributed by atoms with Crippen LogP contribution in [0.3, 0.4) is 0 Å². The largest absolute Gasteiger partial charge is 2.00 e. The number of nitrogens with zero attached hydrogens (tertiary/aromatic N) is 4. The zero-order valence-corrected chi connectivity index (χ0v) is 40.1. The van der Waals surface area contributed by atoms with Gasteiger partial charge < -0.3 is 29.7 Å². The van der Waals surface area contributed by atoms with Crippen LogP contribution in [0, 0.1) is 43.4 Å². The smallest absolute Gasteiger partial charge is 0.664 e. The van der Waals surface area contributed by atoms with Crippen molar-refractivity contribution in [2.75, 3.05) is 13.7 Å². The Balaban J connectivity index is 0.00000726. The van der Waals surface area contributed by atoms with Crippen LogP contribution in [0.1, 0.15) is 172 Å². The first-order valence-electron chi connectivity index (χ1n) is 22.5. The van der Waals surface area contributed by atoms with E-state index in [1.54, 1.807) is 0 Å². The van der Waals surface area contributed by atoms with Crippen LogP contribution in [0.25, 0.3) is 29.1 Å².